The Morgan fingerprint density at radius 1 is 1.14 bits per heavy atom. The van der Waals surface area contributed by atoms with Gasteiger partial charge in [0.1, 0.15) is 5.78 Å². The van der Waals surface area contributed by atoms with Gasteiger partial charge in [-0.3, -0.25) is 4.79 Å². The Bertz CT molecular complexity index is 655. The first-order valence-electron chi connectivity index (χ1n) is 7.53. The first kappa shape index (κ1) is 13.9. The molecule has 2 heteroatoms. The monoisotopic (exact) mass is 279 g/mol. The molecule has 0 saturated heterocycles. The molecule has 2 aromatic rings. The van der Waals surface area contributed by atoms with E-state index in [1.807, 2.05) is 12.1 Å². The van der Waals surface area contributed by atoms with Gasteiger partial charge in [-0.05, 0) is 31.0 Å². The van der Waals surface area contributed by atoms with Gasteiger partial charge in [0.2, 0.25) is 0 Å². The second kappa shape index (κ2) is 5.72. The zero-order valence-electron chi connectivity index (χ0n) is 12.6. The summed E-state index contributed by atoms with van der Waals surface area (Å²) in [6.07, 6.45) is 1.16. The Morgan fingerprint density at radius 3 is 2.62 bits per heavy atom. The standard InChI is InChI=1S/C19H21NO/c1-13-7-14(2)9-15(8-13)10-17(21)11-16-12-20-19-6-4-3-5-18(16)19/h3-9,16,20H,10-12H2,1-2H3. The van der Waals surface area contributed by atoms with Gasteiger partial charge in [0.15, 0.2) is 0 Å². The van der Waals surface area contributed by atoms with Gasteiger partial charge in [0.05, 0.1) is 0 Å². The molecule has 1 unspecified atom stereocenters. The van der Waals surface area contributed by atoms with Gasteiger partial charge in [0.25, 0.3) is 0 Å². The molecular formula is C19H21NO. The van der Waals surface area contributed by atoms with Crippen LogP contribution in [0.5, 0.6) is 0 Å². The van der Waals surface area contributed by atoms with E-state index in [2.05, 4.69) is 49.5 Å². The fourth-order valence-corrected chi connectivity index (χ4v) is 3.28. The Balaban J connectivity index is 1.68. The number of para-hydroxylation sites is 1. The topological polar surface area (TPSA) is 29.1 Å². The van der Waals surface area contributed by atoms with Crippen molar-refractivity contribution in [2.24, 2.45) is 0 Å². The average molecular weight is 279 g/mol. The molecule has 0 bridgehead atoms. The Morgan fingerprint density at radius 2 is 1.86 bits per heavy atom. The maximum atomic E-state index is 12.4. The number of hydrogen-bond acceptors (Lipinski definition) is 2. The predicted molar refractivity (Wildman–Crippen MR) is 86.9 cm³/mol. The van der Waals surface area contributed by atoms with E-state index >= 15 is 0 Å². The Hall–Kier alpha value is -2.09. The summed E-state index contributed by atoms with van der Waals surface area (Å²) in [6, 6.07) is 14.7. The zero-order valence-corrected chi connectivity index (χ0v) is 12.6. The van der Waals surface area contributed by atoms with E-state index in [0.717, 1.165) is 12.1 Å². The molecule has 1 aliphatic heterocycles. The van der Waals surface area contributed by atoms with E-state index in [4.69, 9.17) is 0 Å². The van der Waals surface area contributed by atoms with Crippen LogP contribution >= 0.6 is 0 Å². The summed E-state index contributed by atoms with van der Waals surface area (Å²) in [4.78, 5) is 12.4. The van der Waals surface area contributed by atoms with Gasteiger partial charge < -0.3 is 5.32 Å². The first-order valence-corrected chi connectivity index (χ1v) is 7.53. The number of nitrogens with one attached hydrogen (secondary N) is 1. The van der Waals surface area contributed by atoms with E-state index in [0.29, 0.717) is 24.5 Å². The van der Waals surface area contributed by atoms with Crippen LogP contribution in [0.1, 0.15) is 34.6 Å². The Labute approximate surface area is 126 Å². The molecule has 1 heterocycles. The average Bonchev–Trinajstić information content (AvgIpc) is 2.81. The fourth-order valence-electron chi connectivity index (χ4n) is 3.28. The van der Waals surface area contributed by atoms with Crippen LogP contribution in [0.15, 0.2) is 42.5 Å². The molecule has 108 valence electrons. The summed E-state index contributed by atoms with van der Waals surface area (Å²) in [5, 5.41) is 3.39. The number of fused-ring (bicyclic) bond motifs is 1. The summed E-state index contributed by atoms with van der Waals surface area (Å²) in [7, 11) is 0. The molecule has 3 rings (SSSR count). The number of Topliss-reactive ketones (excluding diaryl/α,β-unsaturated/α-hetero) is 1. The highest BCUT2D eigenvalue weighted by Crippen LogP contribution is 2.33. The van der Waals surface area contributed by atoms with Crippen LogP contribution in [-0.2, 0) is 11.2 Å². The molecule has 0 radical (unpaired) electrons. The van der Waals surface area contributed by atoms with Crippen molar-refractivity contribution >= 4 is 11.5 Å². The number of carbonyl (C=O) groups is 1. The van der Waals surface area contributed by atoms with Gasteiger partial charge >= 0.3 is 0 Å². The van der Waals surface area contributed by atoms with Gasteiger partial charge in [0, 0.05) is 31.0 Å². The van der Waals surface area contributed by atoms with Gasteiger partial charge in [-0.1, -0.05) is 47.5 Å². The van der Waals surface area contributed by atoms with Crippen molar-refractivity contribution in [1.29, 1.82) is 0 Å². The maximum Gasteiger partial charge on any atom is 0.137 e. The molecule has 1 aliphatic rings. The highest BCUT2D eigenvalue weighted by Gasteiger charge is 2.23. The highest BCUT2D eigenvalue weighted by atomic mass is 16.1. The number of carbonyl (C=O) groups excluding carboxylic acids is 1. The minimum atomic E-state index is 0.319. The smallest absolute Gasteiger partial charge is 0.137 e. The van der Waals surface area contributed by atoms with Crippen molar-refractivity contribution in [1.82, 2.24) is 0 Å². The summed E-state index contributed by atoms with van der Waals surface area (Å²) in [5.41, 5.74) is 6.06. The third-order valence-corrected chi connectivity index (χ3v) is 4.10. The highest BCUT2D eigenvalue weighted by molar-refractivity contribution is 5.82. The normalized spacial score (nSPS) is 16.4. The SMILES string of the molecule is Cc1cc(C)cc(CC(=O)CC2CNc3ccccc32)c1. The van der Waals surface area contributed by atoms with Crippen LogP contribution in [0.3, 0.4) is 0 Å². The molecule has 1 atom stereocenters. The summed E-state index contributed by atoms with van der Waals surface area (Å²) in [6.45, 7) is 5.04. The van der Waals surface area contributed by atoms with Crippen LogP contribution in [0.2, 0.25) is 0 Å². The fraction of sp³-hybridized carbons (Fsp3) is 0.316. The third kappa shape index (κ3) is 3.15. The van der Waals surface area contributed by atoms with E-state index in [9.17, 15) is 4.79 Å². The maximum absolute atomic E-state index is 12.4. The number of aryl methyl sites for hydroxylation is 2. The van der Waals surface area contributed by atoms with Crippen molar-refractivity contribution in [2.45, 2.75) is 32.6 Å². The number of hydrogen-bond donors (Lipinski definition) is 1. The number of benzene rings is 2. The van der Waals surface area contributed by atoms with Crippen LogP contribution in [-0.4, -0.2) is 12.3 Å². The minimum absolute atomic E-state index is 0.319. The van der Waals surface area contributed by atoms with Crippen LogP contribution in [0, 0.1) is 13.8 Å². The largest absolute Gasteiger partial charge is 0.384 e. The molecule has 0 spiro atoms. The second-order valence-electron chi connectivity index (χ2n) is 6.08. The zero-order chi connectivity index (χ0) is 14.8. The van der Waals surface area contributed by atoms with Gasteiger partial charge in [-0.2, -0.15) is 0 Å². The molecule has 0 saturated carbocycles. The molecule has 2 aromatic carbocycles. The molecule has 21 heavy (non-hydrogen) atoms. The third-order valence-electron chi connectivity index (χ3n) is 4.10. The van der Waals surface area contributed by atoms with Gasteiger partial charge in [-0.15, -0.1) is 0 Å². The summed E-state index contributed by atoms with van der Waals surface area (Å²) in [5.74, 6) is 0.642. The van der Waals surface area contributed by atoms with Crippen molar-refractivity contribution < 1.29 is 4.79 Å². The molecule has 0 aliphatic carbocycles. The van der Waals surface area contributed by atoms with Crippen LogP contribution in [0.4, 0.5) is 5.69 Å². The minimum Gasteiger partial charge on any atom is -0.384 e. The number of ketones is 1. The van der Waals surface area contributed by atoms with Crippen molar-refractivity contribution in [3.8, 4) is 0 Å². The molecular weight excluding hydrogens is 258 g/mol. The lowest BCUT2D eigenvalue weighted by Crippen LogP contribution is -2.11. The van der Waals surface area contributed by atoms with Crippen molar-refractivity contribution in [3.63, 3.8) is 0 Å². The lowest BCUT2D eigenvalue weighted by molar-refractivity contribution is -0.118. The lowest BCUT2D eigenvalue weighted by Gasteiger charge is -2.10. The quantitative estimate of drug-likeness (QED) is 0.916. The molecule has 0 amide bonds. The molecule has 0 aromatic heterocycles. The van der Waals surface area contributed by atoms with Crippen molar-refractivity contribution in [2.75, 3.05) is 11.9 Å². The van der Waals surface area contributed by atoms with Crippen LogP contribution < -0.4 is 5.32 Å². The van der Waals surface area contributed by atoms with E-state index in [-0.39, 0.29) is 0 Å². The molecule has 0 fully saturated rings. The van der Waals surface area contributed by atoms with Crippen LogP contribution in [0.25, 0.3) is 0 Å². The second-order valence-corrected chi connectivity index (χ2v) is 6.08. The lowest BCUT2D eigenvalue weighted by atomic mass is 9.93. The molecule has 2 nitrogen and oxygen atoms in total. The number of anilines is 1. The van der Waals surface area contributed by atoms with E-state index in [1.54, 1.807) is 0 Å². The number of rotatable bonds is 4. The van der Waals surface area contributed by atoms with E-state index < -0.39 is 0 Å². The first-order chi connectivity index (χ1) is 10.1. The predicted octanol–water partition coefficient (Wildman–Crippen LogP) is 4.01. The summed E-state index contributed by atoms with van der Waals surface area (Å²) < 4.78 is 0. The molecule has 1 N–H and O–H groups in total. The van der Waals surface area contributed by atoms with Gasteiger partial charge in [-0.25, -0.2) is 0 Å². The van der Waals surface area contributed by atoms with Crippen molar-refractivity contribution in [3.05, 3.63) is 64.7 Å². The Kier molecular flexibility index (Phi) is 3.78. The van der Waals surface area contributed by atoms with E-state index in [1.165, 1.54) is 22.4 Å². The summed E-state index contributed by atoms with van der Waals surface area (Å²) >= 11 is 0.